The van der Waals surface area contributed by atoms with Crippen LogP contribution in [0.25, 0.3) is 0 Å². The fourth-order valence-electron chi connectivity index (χ4n) is 1.16. The molecule has 1 aromatic rings. The highest BCUT2D eigenvalue weighted by atomic mass is 32.1. The fourth-order valence-corrected chi connectivity index (χ4v) is 1.77. The third-order valence-corrected chi connectivity index (χ3v) is 2.76. The Kier molecular flexibility index (Phi) is 4.60. The van der Waals surface area contributed by atoms with Crippen LogP contribution in [0.4, 0.5) is 0 Å². The third-order valence-electron chi connectivity index (χ3n) is 1.93. The minimum absolute atomic E-state index is 0.172. The maximum absolute atomic E-state index is 11.5. The number of hydrogen-bond donors (Lipinski definition) is 1. The fraction of sp³-hybridized carbons (Fsp3) is 0.400. The smallest absolute Gasteiger partial charge is 0.312 e. The average molecular weight is 252 g/mol. The Bertz CT molecular complexity index is 463. The summed E-state index contributed by atoms with van der Waals surface area (Å²) >= 11 is 1.49. The van der Waals surface area contributed by atoms with Gasteiger partial charge < -0.3 is 10.2 Å². The molecule has 0 fully saturated rings. The molecule has 0 radical (unpaired) electrons. The van der Waals surface area contributed by atoms with Crippen LogP contribution >= 0.6 is 11.3 Å². The van der Waals surface area contributed by atoms with Crippen LogP contribution in [0.3, 0.4) is 0 Å². The predicted octanol–water partition coefficient (Wildman–Crippen LogP) is 0.0497. The molecule has 17 heavy (non-hydrogen) atoms. The van der Waals surface area contributed by atoms with Crippen molar-refractivity contribution in [1.29, 1.82) is 5.26 Å². The Labute approximate surface area is 103 Å². The molecule has 7 heteroatoms. The molecular formula is C10H12N4O2S. The van der Waals surface area contributed by atoms with E-state index in [1.54, 1.807) is 6.07 Å². The molecule has 0 aliphatic rings. The molecule has 0 bridgehead atoms. The van der Waals surface area contributed by atoms with E-state index in [1.807, 2.05) is 12.3 Å². The molecule has 0 saturated heterocycles. The van der Waals surface area contributed by atoms with Crippen molar-refractivity contribution in [2.45, 2.75) is 13.5 Å². The lowest BCUT2D eigenvalue weighted by atomic mass is 10.4. The van der Waals surface area contributed by atoms with Crippen molar-refractivity contribution >= 4 is 23.2 Å². The van der Waals surface area contributed by atoms with E-state index in [4.69, 9.17) is 5.26 Å². The maximum atomic E-state index is 11.5. The summed E-state index contributed by atoms with van der Waals surface area (Å²) in [5, 5.41) is 13.2. The van der Waals surface area contributed by atoms with E-state index < -0.39 is 11.8 Å². The summed E-state index contributed by atoms with van der Waals surface area (Å²) in [4.78, 5) is 28.3. The number of rotatable bonds is 3. The molecule has 0 unspecified atom stereocenters. The van der Waals surface area contributed by atoms with Crippen LogP contribution in [0.2, 0.25) is 0 Å². The van der Waals surface area contributed by atoms with Crippen molar-refractivity contribution in [1.82, 2.24) is 15.2 Å². The third kappa shape index (κ3) is 3.85. The van der Waals surface area contributed by atoms with E-state index in [0.29, 0.717) is 0 Å². The van der Waals surface area contributed by atoms with Gasteiger partial charge in [0.15, 0.2) is 0 Å². The van der Waals surface area contributed by atoms with E-state index in [2.05, 4.69) is 10.3 Å². The molecule has 90 valence electrons. The van der Waals surface area contributed by atoms with Crippen molar-refractivity contribution in [2.75, 3.05) is 13.6 Å². The first-order chi connectivity index (χ1) is 8.04. The topological polar surface area (TPSA) is 86.1 Å². The lowest BCUT2D eigenvalue weighted by Crippen LogP contribution is -2.40. The Hall–Kier alpha value is -1.94. The molecule has 1 heterocycles. The van der Waals surface area contributed by atoms with Gasteiger partial charge >= 0.3 is 11.8 Å². The number of hydrogen-bond acceptors (Lipinski definition) is 5. The van der Waals surface area contributed by atoms with Crippen LogP contribution in [-0.4, -0.2) is 35.3 Å². The Morgan fingerprint density at radius 1 is 1.65 bits per heavy atom. The van der Waals surface area contributed by atoms with Crippen molar-refractivity contribution in [3.63, 3.8) is 0 Å². The van der Waals surface area contributed by atoms with Crippen LogP contribution in [-0.2, 0) is 16.1 Å². The quantitative estimate of drug-likeness (QED) is 0.608. The normalized spacial score (nSPS) is 9.47. The average Bonchev–Trinajstić information content (AvgIpc) is 2.70. The standard InChI is InChI=1S/C10H12N4O2S/c1-7-13-8(6-17-7)5-14(2)10(16)9(15)12-4-3-11/h6H,4-5H2,1-2H3,(H,12,15). The van der Waals surface area contributed by atoms with Gasteiger partial charge in [-0.15, -0.1) is 11.3 Å². The zero-order valence-electron chi connectivity index (χ0n) is 9.56. The molecule has 0 aliphatic heterocycles. The summed E-state index contributed by atoms with van der Waals surface area (Å²) in [5.74, 6) is -1.45. The SMILES string of the molecule is Cc1nc(CN(C)C(=O)C(=O)NCC#N)cs1. The first-order valence-electron chi connectivity index (χ1n) is 4.86. The minimum Gasteiger partial charge on any atom is -0.335 e. The second-order valence-corrected chi connectivity index (χ2v) is 4.42. The molecule has 0 atom stereocenters. The van der Waals surface area contributed by atoms with Gasteiger partial charge in [0, 0.05) is 12.4 Å². The van der Waals surface area contributed by atoms with E-state index in [-0.39, 0.29) is 13.1 Å². The largest absolute Gasteiger partial charge is 0.335 e. The van der Waals surface area contributed by atoms with Gasteiger partial charge in [-0.05, 0) is 6.92 Å². The molecule has 0 spiro atoms. The Morgan fingerprint density at radius 2 is 2.35 bits per heavy atom. The molecule has 0 saturated carbocycles. The van der Waals surface area contributed by atoms with Crippen LogP contribution in [0, 0.1) is 18.3 Å². The first-order valence-corrected chi connectivity index (χ1v) is 5.73. The maximum Gasteiger partial charge on any atom is 0.312 e. The van der Waals surface area contributed by atoms with Crippen LogP contribution in [0.15, 0.2) is 5.38 Å². The van der Waals surface area contributed by atoms with E-state index in [0.717, 1.165) is 10.7 Å². The zero-order chi connectivity index (χ0) is 12.8. The molecular weight excluding hydrogens is 240 g/mol. The van der Waals surface area contributed by atoms with Crippen molar-refractivity contribution in [2.24, 2.45) is 0 Å². The van der Waals surface area contributed by atoms with Gasteiger partial charge in [0.1, 0.15) is 6.54 Å². The Balaban J connectivity index is 2.53. The van der Waals surface area contributed by atoms with Gasteiger partial charge in [0.2, 0.25) is 0 Å². The number of nitrogens with zero attached hydrogens (tertiary/aromatic N) is 3. The van der Waals surface area contributed by atoms with Gasteiger partial charge in [0.05, 0.1) is 23.3 Å². The molecule has 6 nitrogen and oxygen atoms in total. The number of carbonyl (C=O) groups is 2. The van der Waals surface area contributed by atoms with Crippen LogP contribution < -0.4 is 5.32 Å². The molecule has 2 amide bonds. The number of nitriles is 1. The zero-order valence-corrected chi connectivity index (χ0v) is 10.4. The van der Waals surface area contributed by atoms with Gasteiger partial charge in [0.25, 0.3) is 0 Å². The second-order valence-electron chi connectivity index (χ2n) is 3.36. The van der Waals surface area contributed by atoms with Crippen molar-refractivity contribution in [3.8, 4) is 6.07 Å². The van der Waals surface area contributed by atoms with Crippen LogP contribution in [0.5, 0.6) is 0 Å². The highest BCUT2D eigenvalue weighted by Crippen LogP contribution is 2.09. The number of carbonyl (C=O) groups excluding carboxylic acids is 2. The van der Waals surface area contributed by atoms with E-state index in [1.165, 1.54) is 23.3 Å². The van der Waals surface area contributed by atoms with Crippen molar-refractivity contribution < 1.29 is 9.59 Å². The van der Waals surface area contributed by atoms with Crippen LogP contribution in [0.1, 0.15) is 10.7 Å². The number of thiazole rings is 1. The van der Waals surface area contributed by atoms with Gasteiger partial charge in [-0.2, -0.15) is 5.26 Å². The van der Waals surface area contributed by atoms with E-state index >= 15 is 0 Å². The Morgan fingerprint density at radius 3 is 2.88 bits per heavy atom. The van der Waals surface area contributed by atoms with Crippen molar-refractivity contribution in [3.05, 3.63) is 16.1 Å². The summed E-state index contributed by atoms with van der Waals surface area (Å²) in [6.07, 6.45) is 0. The second kappa shape index (κ2) is 5.96. The molecule has 1 N–H and O–H groups in total. The first kappa shape index (κ1) is 13.1. The van der Waals surface area contributed by atoms with Gasteiger partial charge in [-0.3, -0.25) is 9.59 Å². The summed E-state index contributed by atoms with van der Waals surface area (Å²) in [7, 11) is 1.52. The summed E-state index contributed by atoms with van der Waals surface area (Å²) in [6, 6.07) is 1.73. The lowest BCUT2D eigenvalue weighted by Gasteiger charge is -2.14. The molecule has 1 rings (SSSR count). The van der Waals surface area contributed by atoms with E-state index in [9.17, 15) is 9.59 Å². The van der Waals surface area contributed by atoms with Gasteiger partial charge in [-0.25, -0.2) is 4.98 Å². The number of nitrogens with one attached hydrogen (secondary N) is 1. The van der Waals surface area contributed by atoms with Gasteiger partial charge in [-0.1, -0.05) is 0 Å². The highest BCUT2D eigenvalue weighted by molar-refractivity contribution is 7.09. The minimum atomic E-state index is -0.777. The lowest BCUT2D eigenvalue weighted by molar-refractivity contribution is -0.145. The summed E-state index contributed by atoms with van der Waals surface area (Å²) in [5.41, 5.74) is 0.747. The number of likely N-dealkylation sites (N-methyl/N-ethyl adjacent to an activating group) is 1. The summed E-state index contributed by atoms with van der Waals surface area (Å²) < 4.78 is 0. The molecule has 0 aromatic carbocycles. The molecule has 0 aliphatic carbocycles. The number of aryl methyl sites for hydroxylation is 1. The molecule has 1 aromatic heterocycles. The monoisotopic (exact) mass is 252 g/mol. The predicted molar refractivity (Wildman–Crippen MR) is 61.9 cm³/mol. The number of amides is 2. The highest BCUT2D eigenvalue weighted by Gasteiger charge is 2.18. The number of aromatic nitrogens is 1. The summed E-state index contributed by atoms with van der Waals surface area (Å²) in [6.45, 7) is 1.98.